The van der Waals surface area contributed by atoms with Crippen molar-refractivity contribution in [3.05, 3.63) is 63.7 Å². The van der Waals surface area contributed by atoms with Gasteiger partial charge in [0.25, 0.3) is 0 Å². The van der Waals surface area contributed by atoms with Gasteiger partial charge >= 0.3 is 5.97 Å². The van der Waals surface area contributed by atoms with Gasteiger partial charge < -0.3 is 15.8 Å². The second-order valence-corrected chi connectivity index (χ2v) is 7.29. The van der Waals surface area contributed by atoms with Crippen LogP contribution in [0.4, 0.5) is 15.9 Å². The molecule has 0 fully saturated rings. The number of benzene rings is 1. The molecule has 0 amide bonds. The van der Waals surface area contributed by atoms with E-state index >= 15 is 0 Å². The van der Waals surface area contributed by atoms with E-state index in [1.54, 1.807) is 39.0 Å². The smallest absolute Gasteiger partial charge is 0.337 e. The number of pyridine rings is 1. The summed E-state index contributed by atoms with van der Waals surface area (Å²) in [6.07, 6.45) is 0.426. The summed E-state index contributed by atoms with van der Waals surface area (Å²) in [5.41, 5.74) is 10.7. The van der Waals surface area contributed by atoms with Crippen molar-refractivity contribution in [2.24, 2.45) is 0 Å². The summed E-state index contributed by atoms with van der Waals surface area (Å²) in [7, 11) is 0. The number of carbonyl (C=O) groups is 1. The summed E-state index contributed by atoms with van der Waals surface area (Å²) in [6.45, 7) is 9.24. The Morgan fingerprint density at radius 3 is 2.61 bits per heavy atom. The van der Waals surface area contributed by atoms with Crippen molar-refractivity contribution in [2.75, 3.05) is 11.1 Å². The summed E-state index contributed by atoms with van der Waals surface area (Å²) in [5.74, 6) is -1.03. The van der Waals surface area contributed by atoms with Gasteiger partial charge in [-0.1, -0.05) is 25.1 Å². The number of hydrogen-bond donors (Lipinski definition) is 2. The van der Waals surface area contributed by atoms with E-state index in [0.717, 1.165) is 17.7 Å². The normalized spacial score (nSPS) is 16.0. The first-order valence-corrected chi connectivity index (χ1v) is 9.48. The van der Waals surface area contributed by atoms with Gasteiger partial charge in [0, 0.05) is 28.2 Å². The average Bonchev–Trinajstić information content (AvgIpc) is 2.63. The zero-order valence-electron chi connectivity index (χ0n) is 16.9. The molecule has 5 nitrogen and oxygen atoms in total. The van der Waals surface area contributed by atoms with E-state index in [1.807, 2.05) is 13.8 Å². The predicted molar refractivity (Wildman–Crippen MR) is 109 cm³/mol. The quantitative estimate of drug-likeness (QED) is 0.763. The Kier molecular flexibility index (Phi) is 5.40. The fourth-order valence-electron chi connectivity index (χ4n) is 3.67. The number of nitrogens with zero attached hydrogens (tertiary/aromatic N) is 1. The van der Waals surface area contributed by atoms with Crippen LogP contribution in [0.3, 0.4) is 0 Å². The number of halogens is 1. The molecule has 2 aromatic rings. The van der Waals surface area contributed by atoms with Crippen LogP contribution in [0.15, 0.2) is 35.5 Å². The maximum atomic E-state index is 14.8. The third-order valence-corrected chi connectivity index (χ3v) is 5.03. The number of ether oxygens (including phenoxy) is 1. The fourth-order valence-corrected chi connectivity index (χ4v) is 3.67. The minimum absolute atomic E-state index is 0.296. The van der Waals surface area contributed by atoms with E-state index in [9.17, 15) is 9.18 Å². The summed E-state index contributed by atoms with van der Waals surface area (Å²) < 4.78 is 20.3. The van der Waals surface area contributed by atoms with Crippen LogP contribution in [0.25, 0.3) is 0 Å². The van der Waals surface area contributed by atoms with Crippen molar-refractivity contribution in [3.8, 4) is 0 Å². The van der Waals surface area contributed by atoms with E-state index in [4.69, 9.17) is 15.5 Å². The summed E-state index contributed by atoms with van der Waals surface area (Å²) in [4.78, 5) is 17.6. The monoisotopic (exact) mass is 383 g/mol. The number of esters is 1. The SMILES string of the molecule is CCc1nc2c(c(N)c1C)C(c1ccccc1F)C(C(=O)OC(C)C)=C(C)N2. The molecule has 1 aromatic heterocycles. The molecule has 1 unspecified atom stereocenters. The van der Waals surface area contributed by atoms with Gasteiger partial charge in [0.2, 0.25) is 0 Å². The number of nitrogens with one attached hydrogen (secondary N) is 1. The lowest BCUT2D eigenvalue weighted by Gasteiger charge is -2.32. The number of fused-ring (bicyclic) bond motifs is 1. The molecular weight excluding hydrogens is 357 g/mol. The van der Waals surface area contributed by atoms with Crippen LogP contribution in [-0.2, 0) is 16.0 Å². The number of aryl methyl sites for hydroxylation is 1. The van der Waals surface area contributed by atoms with Crippen molar-refractivity contribution >= 4 is 17.5 Å². The zero-order chi connectivity index (χ0) is 20.6. The van der Waals surface area contributed by atoms with Crippen LogP contribution < -0.4 is 11.1 Å². The Morgan fingerprint density at radius 1 is 1.32 bits per heavy atom. The molecule has 0 bridgehead atoms. The van der Waals surface area contributed by atoms with Crippen LogP contribution in [0.1, 0.15) is 56.0 Å². The summed E-state index contributed by atoms with van der Waals surface area (Å²) >= 11 is 0. The molecule has 1 atom stereocenters. The number of allylic oxidation sites excluding steroid dienone is 1. The standard InChI is InChI=1S/C22H26FN3O2/c1-6-16-12(4)20(24)19-18(14-9-7-8-10-15(14)23)17(22(27)28-11(2)3)13(5)25-21(19)26-16/h7-11,18H,6H2,1-5H3,(H3,24,25,26). The van der Waals surface area contributed by atoms with Crippen molar-refractivity contribution in [1.29, 1.82) is 0 Å². The van der Waals surface area contributed by atoms with Gasteiger partial charge in [0.15, 0.2) is 0 Å². The van der Waals surface area contributed by atoms with E-state index in [-0.39, 0.29) is 6.10 Å². The number of carbonyl (C=O) groups excluding carboxylic acids is 1. The van der Waals surface area contributed by atoms with E-state index in [2.05, 4.69) is 5.32 Å². The fraction of sp³-hybridized carbons (Fsp3) is 0.364. The maximum absolute atomic E-state index is 14.8. The number of aromatic nitrogens is 1. The molecule has 1 aliphatic heterocycles. The predicted octanol–water partition coefficient (Wildman–Crippen LogP) is 4.46. The largest absolute Gasteiger partial charge is 0.460 e. The van der Waals surface area contributed by atoms with Crippen LogP contribution in [0.5, 0.6) is 0 Å². The van der Waals surface area contributed by atoms with Gasteiger partial charge in [-0.05, 0) is 45.7 Å². The van der Waals surface area contributed by atoms with Crippen molar-refractivity contribution < 1.29 is 13.9 Å². The first-order valence-electron chi connectivity index (χ1n) is 9.48. The number of hydrogen-bond acceptors (Lipinski definition) is 5. The third kappa shape index (κ3) is 3.35. The highest BCUT2D eigenvalue weighted by molar-refractivity contribution is 5.95. The highest BCUT2D eigenvalue weighted by atomic mass is 19.1. The minimum Gasteiger partial charge on any atom is -0.460 e. The van der Waals surface area contributed by atoms with Crippen molar-refractivity contribution in [2.45, 2.75) is 53.1 Å². The Labute approximate surface area is 164 Å². The number of anilines is 2. The van der Waals surface area contributed by atoms with Gasteiger partial charge in [-0.2, -0.15) is 0 Å². The van der Waals surface area contributed by atoms with Gasteiger partial charge in [0.05, 0.1) is 17.6 Å². The van der Waals surface area contributed by atoms with Crippen LogP contribution in [-0.4, -0.2) is 17.1 Å². The second kappa shape index (κ2) is 7.62. The Bertz CT molecular complexity index is 966. The molecule has 1 aromatic carbocycles. The molecule has 0 saturated carbocycles. The lowest BCUT2D eigenvalue weighted by Crippen LogP contribution is -2.28. The molecular formula is C22H26FN3O2. The Morgan fingerprint density at radius 2 is 2.00 bits per heavy atom. The molecule has 0 aliphatic carbocycles. The number of nitrogen functional groups attached to an aromatic ring is 1. The molecule has 0 saturated heterocycles. The van der Waals surface area contributed by atoms with Crippen LogP contribution in [0.2, 0.25) is 0 Å². The average molecular weight is 383 g/mol. The molecule has 3 N–H and O–H groups in total. The maximum Gasteiger partial charge on any atom is 0.337 e. The molecule has 6 heteroatoms. The molecule has 28 heavy (non-hydrogen) atoms. The number of rotatable bonds is 4. The molecule has 3 rings (SSSR count). The molecule has 0 radical (unpaired) electrons. The first-order chi connectivity index (χ1) is 13.3. The lowest BCUT2D eigenvalue weighted by molar-refractivity contribution is -0.143. The first kappa shape index (κ1) is 19.9. The summed E-state index contributed by atoms with van der Waals surface area (Å²) in [5, 5.41) is 3.19. The van der Waals surface area contributed by atoms with E-state index < -0.39 is 17.7 Å². The molecule has 2 heterocycles. The topological polar surface area (TPSA) is 77.2 Å². The highest BCUT2D eigenvalue weighted by Crippen LogP contribution is 2.46. The van der Waals surface area contributed by atoms with Gasteiger partial charge in [0.1, 0.15) is 11.6 Å². The zero-order valence-corrected chi connectivity index (χ0v) is 16.9. The molecule has 1 aliphatic rings. The van der Waals surface area contributed by atoms with Gasteiger partial charge in [-0.25, -0.2) is 14.2 Å². The second-order valence-electron chi connectivity index (χ2n) is 7.29. The Balaban J connectivity index is 2.30. The Hall–Kier alpha value is -2.89. The lowest BCUT2D eigenvalue weighted by atomic mass is 9.80. The molecule has 148 valence electrons. The van der Waals surface area contributed by atoms with Gasteiger partial charge in [-0.15, -0.1) is 0 Å². The number of nitrogens with two attached hydrogens (primary N) is 1. The minimum atomic E-state index is -0.694. The third-order valence-electron chi connectivity index (χ3n) is 5.03. The summed E-state index contributed by atoms with van der Waals surface area (Å²) in [6, 6.07) is 6.43. The molecule has 0 spiro atoms. The van der Waals surface area contributed by atoms with Crippen molar-refractivity contribution in [3.63, 3.8) is 0 Å². The van der Waals surface area contributed by atoms with Crippen molar-refractivity contribution in [1.82, 2.24) is 4.98 Å². The highest BCUT2D eigenvalue weighted by Gasteiger charge is 2.37. The van der Waals surface area contributed by atoms with Crippen LogP contribution >= 0.6 is 0 Å². The van der Waals surface area contributed by atoms with E-state index in [0.29, 0.717) is 33.9 Å². The van der Waals surface area contributed by atoms with Gasteiger partial charge in [-0.3, -0.25) is 0 Å². The van der Waals surface area contributed by atoms with E-state index in [1.165, 1.54) is 6.07 Å². The van der Waals surface area contributed by atoms with Crippen LogP contribution in [0, 0.1) is 12.7 Å².